The van der Waals surface area contributed by atoms with Gasteiger partial charge in [0.25, 0.3) is 5.91 Å². The molecule has 1 amide bonds. The molecule has 0 radical (unpaired) electrons. The van der Waals surface area contributed by atoms with Gasteiger partial charge in [-0.15, -0.1) is 0 Å². The summed E-state index contributed by atoms with van der Waals surface area (Å²) in [5.74, 6) is 2.25. The number of amides is 1. The first-order valence-corrected chi connectivity index (χ1v) is 11.9. The number of rotatable bonds is 7. The van der Waals surface area contributed by atoms with Gasteiger partial charge in [0, 0.05) is 38.3 Å². The maximum Gasteiger partial charge on any atom is 0.254 e. The number of hydrogen-bond donors (Lipinski definition) is 0. The Hall–Kier alpha value is -3.84. The van der Waals surface area contributed by atoms with Crippen molar-refractivity contribution >= 4 is 16.9 Å². The van der Waals surface area contributed by atoms with Crippen molar-refractivity contribution in [3.05, 3.63) is 89.7 Å². The van der Waals surface area contributed by atoms with Gasteiger partial charge in [0.05, 0.1) is 31.8 Å². The Morgan fingerprint density at radius 3 is 2.29 bits per heavy atom. The molecule has 0 saturated carbocycles. The maximum absolute atomic E-state index is 13.1. The lowest BCUT2D eigenvalue weighted by atomic mass is 10.1. The standard InChI is InChI=1S/C28H30N4O3/c1-34-25-13-12-22(18-26(25)35-2)28(33)31-16-14-30(15-17-31)20-27-29-23-10-6-7-11-24(23)32(27)19-21-8-4-3-5-9-21/h3-13,18H,14-17,19-20H2,1-2H3. The van der Waals surface area contributed by atoms with E-state index in [4.69, 9.17) is 14.5 Å². The fourth-order valence-electron chi connectivity index (χ4n) is 4.65. The van der Waals surface area contributed by atoms with Gasteiger partial charge in [-0.3, -0.25) is 9.69 Å². The van der Waals surface area contributed by atoms with E-state index in [1.54, 1.807) is 32.4 Å². The molecule has 1 aliphatic rings. The third-order valence-corrected chi connectivity index (χ3v) is 6.57. The second kappa shape index (κ2) is 10.2. The lowest BCUT2D eigenvalue weighted by Gasteiger charge is -2.34. The Morgan fingerprint density at radius 2 is 1.54 bits per heavy atom. The number of carbonyl (C=O) groups excluding carboxylic acids is 1. The summed E-state index contributed by atoms with van der Waals surface area (Å²) in [7, 11) is 3.17. The smallest absolute Gasteiger partial charge is 0.254 e. The van der Waals surface area contributed by atoms with E-state index >= 15 is 0 Å². The molecule has 1 aliphatic heterocycles. The Labute approximate surface area is 205 Å². The van der Waals surface area contributed by atoms with Crippen LogP contribution in [0.15, 0.2) is 72.8 Å². The normalized spacial score (nSPS) is 14.3. The molecule has 0 N–H and O–H groups in total. The van der Waals surface area contributed by atoms with Gasteiger partial charge in [-0.1, -0.05) is 42.5 Å². The van der Waals surface area contributed by atoms with E-state index in [9.17, 15) is 4.79 Å². The quantitative estimate of drug-likeness (QED) is 0.408. The highest BCUT2D eigenvalue weighted by Crippen LogP contribution is 2.28. The lowest BCUT2D eigenvalue weighted by molar-refractivity contribution is 0.0624. The number of imidazole rings is 1. The third kappa shape index (κ3) is 4.86. The van der Waals surface area contributed by atoms with Crippen molar-refractivity contribution in [2.75, 3.05) is 40.4 Å². The molecule has 0 atom stereocenters. The van der Waals surface area contributed by atoms with E-state index in [1.807, 2.05) is 17.0 Å². The molecule has 35 heavy (non-hydrogen) atoms. The minimum atomic E-state index is 0.0157. The molecule has 180 valence electrons. The summed E-state index contributed by atoms with van der Waals surface area (Å²) in [5.41, 5.74) is 4.03. The zero-order valence-corrected chi connectivity index (χ0v) is 20.2. The number of ether oxygens (including phenoxy) is 2. The number of para-hydroxylation sites is 2. The molecule has 1 saturated heterocycles. The zero-order valence-electron chi connectivity index (χ0n) is 20.2. The number of fused-ring (bicyclic) bond motifs is 1. The monoisotopic (exact) mass is 470 g/mol. The third-order valence-electron chi connectivity index (χ3n) is 6.57. The molecule has 1 aromatic heterocycles. The molecule has 3 aromatic carbocycles. The van der Waals surface area contributed by atoms with E-state index in [0.29, 0.717) is 30.2 Å². The van der Waals surface area contributed by atoms with E-state index in [0.717, 1.165) is 43.0 Å². The van der Waals surface area contributed by atoms with Crippen LogP contribution in [0.3, 0.4) is 0 Å². The van der Waals surface area contributed by atoms with Gasteiger partial charge in [0.1, 0.15) is 5.82 Å². The Morgan fingerprint density at radius 1 is 0.829 bits per heavy atom. The van der Waals surface area contributed by atoms with Gasteiger partial charge in [-0.25, -0.2) is 4.98 Å². The summed E-state index contributed by atoms with van der Waals surface area (Å²) < 4.78 is 13.0. The highest BCUT2D eigenvalue weighted by molar-refractivity contribution is 5.95. The Bertz CT molecular complexity index is 1310. The predicted molar refractivity (Wildman–Crippen MR) is 136 cm³/mol. The highest BCUT2D eigenvalue weighted by Gasteiger charge is 2.24. The summed E-state index contributed by atoms with van der Waals surface area (Å²) >= 11 is 0. The average molecular weight is 471 g/mol. The van der Waals surface area contributed by atoms with Crippen molar-refractivity contribution in [1.82, 2.24) is 19.4 Å². The fourth-order valence-corrected chi connectivity index (χ4v) is 4.65. The van der Waals surface area contributed by atoms with Crippen molar-refractivity contribution in [3.63, 3.8) is 0 Å². The van der Waals surface area contributed by atoms with Crippen LogP contribution in [0.5, 0.6) is 11.5 Å². The van der Waals surface area contributed by atoms with Crippen molar-refractivity contribution in [2.24, 2.45) is 0 Å². The minimum absolute atomic E-state index is 0.0157. The summed E-state index contributed by atoms with van der Waals surface area (Å²) in [4.78, 5) is 22.3. The highest BCUT2D eigenvalue weighted by atomic mass is 16.5. The van der Waals surface area contributed by atoms with Gasteiger partial charge in [-0.2, -0.15) is 0 Å². The molecule has 5 rings (SSSR count). The number of piperazine rings is 1. The topological polar surface area (TPSA) is 59.8 Å². The molecular weight excluding hydrogens is 440 g/mol. The molecule has 0 spiro atoms. The van der Waals surface area contributed by atoms with Crippen molar-refractivity contribution in [3.8, 4) is 11.5 Å². The second-order valence-corrected chi connectivity index (χ2v) is 8.73. The van der Waals surface area contributed by atoms with Crippen LogP contribution >= 0.6 is 0 Å². The lowest BCUT2D eigenvalue weighted by Crippen LogP contribution is -2.48. The van der Waals surface area contributed by atoms with Crippen LogP contribution in [-0.2, 0) is 13.1 Å². The SMILES string of the molecule is COc1ccc(C(=O)N2CCN(Cc3nc4ccccc4n3Cc3ccccc3)CC2)cc1OC. The van der Waals surface area contributed by atoms with Crippen molar-refractivity contribution in [1.29, 1.82) is 0 Å². The van der Waals surface area contributed by atoms with Crippen LogP contribution in [0.25, 0.3) is 11.0 Å². The first-order chi connectivity index (χ1) is 17.2. The van der Waals surface area contributed by atoms with E-state index in [-0.39, 0.29) is 5.91 Å². The summed E-state index contributed by atoms with van der Waals surface area (Å²) in [6.45, 7) is 4.48. The average Bonchev–Trinajstić information content (AvgIpc) is 3.25. The first-order valence-electron chi connectivity index (χ1n) is 11.9. The van der Waals surface area contributed by atoms with Crippen LogP contribution in [0.2, 0.25) is 0 Å². The van der Waals surface area contributed by atoms with Gasteiger partial charge in [0.15, 0.2) is 11.5 Å². The molecule has 0 aliphatic carbocycles. The van der Waals surface area contributed by atoms with Gasteiger partial charge in [-0.05, 0) is 35.9 Å². The van der Waals surface area contributed by atoms with E-state index < -0.39 is 0 Å². The zero-order chi connectivity index (χ0) is 24.2. The number of benzene rings is 3. The molecular formula is C28H30N4O3. The number of carbonyl (C=O) groups is 1. The Balaban J connectivity index is 1.28. The van der Waals surface area contributed by atoms with Crippen LogP contribution < -0.4 is 9.47 Å². The van der Waals surface area contributed by atoms with Crippen LogP contribution in [-0.4, -0.2) is 65.7 Å². The first kappa shape index (κ1) is 22.9. The molecule has 0 unspecified atom stereocenters. The van der Waals surface area contributed by atoms with Gasteiger partial charge >= 0.3 is 0 Å². The molecule has 1 fully saturated rings. The number of methoxy groups -OCH3 is 2. The van der Waals surface area contributed by atoms with Crippen LogP contribution in [0.4, 0.5) is 0 Å². The number of hydrogen-bond acceptors (Lipinski definition) is 5. The molecule has 2 heterocycles. The number of nitrogens with zero attached hydrogens (tertiary/aromatic N) is 4. The van der Waals surface area contributed by atoms with Gasteiger partial charge in [0.2, 0.25) is 0 Å². The molecule has 0 bridgehead atoms. The van der Waals surface area contributed by atoms with Crippen LogP contribution in [0.1, 0.15) is 21.7 Å². The van der Waals surface area contributed by atoms with Crippen molar-refractivity contribution in [2.45, 2.75) is 13.1 Å². The predicted octanol–water partition coefficient (Wildman–Crippen LogP) is 4.06. The maximum atomic E-state index is 13.1. The second-order valence-electron chi connectivity index (χ2n) is 8.73. The number of aromatic nitrogens is 2. The van der Waals surface area contributed by atoms with Crippen LogP contribution in [0, 0.1) is 0 Å². The largest absolute Gasteiger partial charge is 0.493 e. The Kier molecular flexibility index (Phi) is 6.68. The van der Waals surface area contributed by atoms with E-state index in [2.05, 4.69) is 51.9 Å². The molecule has 4 aromatic rings. The summed E-state index contributed by atoms with van der Waals surface area (Å²) in [6.07, 6.45) is 0. The summed E-state index contributed by atoms with van der Waals surface area (Å²) in [5, 5.41) is 0. The van der Waals surface area contributed by atoms with Gasteiger partial charge < -0.3 is 18.9 Å². The minimum Gasteiger partial charge on any atom is -0.493 e. The summed E-state index contributed by atoms with van der Waals surface area (Å²) in [6, 6.07) is 24.1. The van der Waals surface area contributed by atoms with Crippen molar-refractivity contribution < 1.29 is 14.3 Å². The molecule has 7 nitrogen and oxygen atoms in total. The molecule has 7 heteroatoms. The van der Waals surface area contributed by atoms with E-state index in [1.165, 1.54) is 5.56 Å². The fraction of sp³-hybridized carbons (Fsp3) is 0.286.